The summed E-state index contributed by atoms with van der Waals surface area (Å²) in [4.78, 5) is 20.2. The van der Waals surface area contributed by atoms with E-state index in [2.05, 4.69) is 21.8 Å². The monoisotopic (exact) mass is 306 g/mol. The molecule has 1 N–H and O–H groups in total. The lowest BCUT2D eigenvalue weighted by molar-refractivity contribution is -0.111. The predicted octanol–water partition coefficient (Wildman–Crippen LogP) is 1.99. The number of rotatable bonds is 8. The number of hydrogen-bond acceptors (Lipinski definition) is 5. The third-order valence-corrected chi connectivity index (χ3v) is 2.89. The maximum absolute atomic E-state index is 11.6. The molecule has 0 fully saturated rings. The predicted molar refractivity (Wildman–Crippen MR) is 90.7 cm³/mol. The van der Waals surface area contributed by atoms with Crippen molar-refractivity contribution in [3.63, 3.8) is 0 Å². The maximum atomic E-state index is 11.6. The van der Waals surface area contributed by atoms with E-state index in [1.54, 1.807) is 12.1 Å². The zero-order chi connectivity index (χ0) is 16.7. The van der Waals surface area contributed by atoms with Crippen LogP contribution in [0.5, 0.6) is 5.88 Å². The number of carbonyl (C=O) groups excluding carboxylic acids is 1. The number of anilines is 2. The van der Waals surface area contributed by atoms with Gasteiger partial charge in [-0.15, -0.1) is 0 Å². The molecule has 0 aromatic carbocycles. The lowest BCUT2D eigenvalue weighted by Crippen LogP contribution is -2.30. The van der Waals surface area contributed by atoms with Crippen LogP contribution in [0.15, 0.2) is 24.8 Å². The molecule has 0 saturated heterocycles. The number of likely N-dealkylation sites (N-methyl/N-ethyl adjacent to an activating group) is 2. The van der Waals surface area contributed by atoms with Gasteiger partial charge in [-0.3, -0.25) is 4.79 Å². The minimum Gasteiger partial charge on any atom is -0.475 e. The molecule has 0 saturated carbocycles. The number of hydrogen-bond donors (Lipinski definition) is 1. The first-order valence-corrected chi connectivity index (χ1v) is 7.30. The Morgan fingerprint density at radius 1 is 1.36 bits per heavy atom. The van der Waals surface area contributed by atoms with E-state index >= 15 is 0 Å². The van der Waals surface area contributed by atoms with E-state index in [1.165, 1.54) is 6.08 Å². The van der Waals surface area contributed by atoms with Gasteiger partial charge < -0.3 is 19.9 Å². The third-order valence-electron chi connectivity index (χ3n) is 2.89. The summed E-state index contributed by atoms with van der Waals surface area (Å²) < 4.78 is 5.64. The molecule has 0 radical (unpaired) electrons. The third kappa shape index (κ3) is 5.73. The van der Waals surface area contributed by atoms with Crippen molar-refractivity contribution in [2.24, 2.45) is 0 Å². The second-order valence-electron chi connectivity index (χ2n) is 5.61. The molecular formula is C16H26N4O2. The zero-order valence-electron chi connectivity index (χ0n) is 14.1. The minimum atomic E-state index is -0.262. The number of nitrogens with one attached hydrogen (secondary N) is 1. The Balaban J connectivity index is 3.03. The summed E-state index contributed by atoms with van der Waals surface area (Å²) in [5.74, 6) is 0.954. The van der Waals surface area contributed by atoms with Crippen molar-refractivity contribution in [2.45, 2.75) is 20.0 Å². The van der Waals surface area contributed by atoms with Gasteiger partial charge in [0, 0.05) is 26.2 Å². The van der Waals surface area contributed by atoms with Crippen LogP contribution in [0.4, 0.5) is 11.5 Å². The minimum absolute atomic E-state index is 0.0426. The van der Waals surface area contributed by atoms with Crippen molar-refractivity contribution in [1.29, 1.82) is 0 Å². The van der Waals surface area contributed by atoms with E-state index in [0.29, 0.717) is 17.4 Å². The molecule has 0 aliphatic carbocycles. The fourth-order valence-corrected chi connectivity index (χ4v) is 1.77. The molecule has 0 bridgehead atoms. The topological polar surface area (TPSA) is 57.7 Å². The van der Waals surface area contributed by atoms with Crippen LogP contribution >= 0.6 is 0 Å². The van der Waals surface area contributed by atoms with Crippen LogP contribution in [0.25, 0.3) is 0 Å². The van der Waals surface area contributed by atoms with Crippen LogP contribution in [0, 0.1) is 0 Å². The highest BCUT2D eigenvalue weighted by Crippen LogP contribution is 2.26. The molecule has 0 aliphatic rings. The van der Waals surface area contributed by atoms with Crippen molar-refractivity contribution >= 4 is 17.4 Å². The first kappa shape index (κ1) is 18.0. The number of aromatic nitrogens is 1. The van der Waals surface area contributed by atoms with Crippen LogP contribution in [-0.2, 0) is 4.79 Å². The van der Waals surface area contributed by atoms with Crippen LogP contribution in [0.2, 0.25) is 0 Å². The highest BCUT2D eigenvalue weighted by atomic mass is 16.5. The van der Waals surface area contributed by atoms with Gasteiger partial charge in [0.1, 0.15) is 0 Å². The standard InChI is InChI=1S/C16H26N4O2/c1-7-14(21)17-13-8-9-15(22-12(2)3)18-16(13)20(6)11-10-19(4)5/h7-9,12H,1,10-11H2,2-6H3,(H,17,21). The molecule has 0 atom stereocenters. The molecule has 6 nitrogen and oxygen atoms in total. The fourth-order valence-electron chi connectivity index (χ4n) is 1.77. The number of carbonyl (C=O) groups is 1. The molecule has 122 valence electrons. The molecular weight excluding hydrogens is 280 g/mol. The van der Waals surface area contributed by atoms with Crippen LogP contribution in [-0.4, -0.2) is 56.1 Å². The van der Waals surface area contributed by atoms with E-state index in [4.69, 9.17) is 4.74 Å². The van der Waals surface area contributed by atoms with Gasteiger partial charge in [0.15, 0.2) is 5.82 Å². The van der Waals surface area contributed by atoms with Crippen LogP contribution in [0.3, 0.4) is 0 Å². The summed E-state index contributed by atoms with van der Waals surface area (Å²) in [5.41, 5.74) is 0.641. The molecule has 0 spiro atoms. The van der Waals surface area contributed by atoms with Gasteiger partial charge in [0.05, 0.1) is 11.8 Å². The fraction of sp³-hybridized carbons (Fsp3) is 0.500. The molecule has 1 aromatic rings. The van der Waals surface area contributed by atoms with Crippen LogP contribution < -0.4 is 15.0 Å². The van der Waals surface area contributed by atoms with E-state index in [1.807, 2.05) is 39.9 Å². The Bertz CT molecular complexity index is 515. The largest absolute Gasteiger partial charge is 0.475 e. The van der Waals surface area contributed by atoms with E-state index in [9.17, 15) is 4.79 Å². The summed E-state index contributed by atoms with van der Waals surface area (Å²) in [5, 5.41) is 2.78. The van der Waals surface area contributed by atoms with Gasteiger partial charge in [-0.25, -0.2) is 0 Å². The van der Waals surface area contributed by atoms with Crippen molar-refractivity contribution in [3.05, 3.63) is 24.8 Å². The SMILES string of the molecule is C=CC(=O)Nc1ccc(OC(C)C)nc1N(C)CCN(C)C. The summed E-state index contributed by atoms with van der Waals surface area (Å²) in [6.07, 6.45) is 1.28. The van der Waals surface area contributed by atoms with Gasteiger partial charge in [0.2, 0.25) is 11.8 Å². The normalized spacial score (nSPS) is 10.7. The molecule has 0 unspecified atom stereocenters. The second kappa shape index (κ2) is 8.38. The van der Waals surface area contributed by atoms with Gasteiger partial charge in [-0.2, -0.15) is 4.98 Å². The van der Waals surface area contributed by atoms with Crippen LogP contribution in [0.1, 0.15) is 13.8 Å². The lowest BCUT2D eigenvalue weighted by atomic mass is 10.3. The number of amides is 1. The number of pyridine rings is 1. The van der Waals surface area contributed by atoms with E-state index in [0.717, 1.165) is 13.1 Å². The average Bonchev–Trinajstić information content (AvgIpc) is 2.45. The molecule has 1 heterocycles. The number of ether oxygens (including phenoxy) is 1. The van der Waals surface area contributed by atoms with Crippen molar-refractivity contribution in [3.8, 4) is 5.88 Å². The Morgan fingerprint density at radius 3 is 2.59 bits per heavy atom. The summed E-state index contributed by atoms with van der Waals surface area (Å²) in [7, 11) is 5.97. The second-order valence-corrected chi connectivity index (χ2v) is 5.61. The highest BCUT2D eigenvalue weighted by molar-refractivity contribution is 6.00. The lowest BCUT2D eigenvalue weighted by Gasteiger charge is -2.23. The summed E-state index contributed by atoms with van der Waals surface area (Å²) in [6.45, 7) is 9.03. The average molecular weight is 306 g/mol. The molecule has 6 heteroatoms. The van der Waals surface area contributed by atoms with Gasteiger partial charge in [-0.1, -0.05) is 6.58 Å². The quantitative estimate of drug-likeness (QED) is 0.744. The molecule has 0 aliphatic heterocycles. The molecule has 1 aromatic heterocycles. The van der Waals surface area contributed by atoms with Crippen molar-refractivity contribution < 1.29 is 9.53 Å². The van der Waals surface area contributed by atoms with Crippen molar-refractivity contribution in [2.75, 3.05) is 44.4 Å². The smallest absolute Gasteiger partial charge is 0.247 e. The Morgan fingerprint density at radius 2 is 2.05 bits per heavy atom. The van der Waals surface area contributed by atoms with E-state index < -0.39 is 0 Å². The zero-order valence-corrected chi connectivity index (χ0v) is 14.1. The van der Waals surface area contributed by atoms with Gasteiger partial charge in [0.25, 0.3) is 0 Å². The van der Waals surface area contributed by atoms with Gasteiger partial charge >= 0.3 is 0 Å². The Kier molecular flexibility index (Phi) is 6.85. The summed E-state index contributed by atoms with van der Waals surface area (Å²) in [6, 6.07) is 3.55. The maximum Gasteiger partial charge on any atom is 0.247 e. The van der Waals surface area contributed by atoms with Crippen molar-refractivity contribution in [1.82, 2.24) is 9.88 Å². The highest BCUT2D eigenvalue weighted by Gasteiger charge is 2.13. The number of nitrogens with zero attached hydrogens (tertiary/aromatic N) is 3. The first-order chi connectivity index (χ1) is 10.3. The first-order valence-electron chi connectivity index (χ1n) is 7.30. The summed E-state index contributed by atoms with van der Waals surface area (Å²) >= 11 is 0. The van der Waals surface area contributed by atoms with Gasteiger partial charge in [-0.05, 0) is 40.1 Å². The molecule has 1 amide bonds. The van der Waals surface area contributed by atoms with E-state index in [-0.39, 0.29) is 12.0 Å². The Hall–Kier alpha value is -2.08. The molecule has 1 rings (SSSR count). The Labute approximate surface area is 132 Å². The molecule has 22 heavy (non-hydrogen) atoms.